The first-order valence-corrected chi connectivity index (χ1v) is 6.82. The van der Waals surface area contributed by atoms with Gasteiger partial charge in [0.2, 0.25) is 0 Å². The Labute approximate surface area is 119 Å². The van der Waals surface area contributed by atoms with Gasteiger partial charge in [0, 0.05) is 18.8 Å². The highest BCUT2D eigenvalue weighted by atomic mass is 19.1. The number of halogens is 1. The number of anilines is 1. The number of hydrogen-bond acceptors (Lipinski definition) is 3. The zero-order valence-corrected chi connectivity index (χ0v) is 11.9. The predicted molar refractivity (Wildman–Crippen MR) is 80.0 cm³/mol. The molecule has 0 spiro atoms. The van der Waals surface area contributed by atoms with Crippen LogP contribution in [0.1, 0.15) is 31.1 Å². The summed E-state index contributed by atoms with van der Waals surface area (Å²) in [5, 5.41) is 0. The van der Waals surface area contributed by atoms with Gasteiger partial charge in [-0.05, 0) is 37.6 Å². The lowest BCUT2D eigenvalue weighted by Crippen LogP contribution is -2.26. The third-order valence-corrected chi connectivity index (χ3v) is 3.29. The second kappa shape index (κ2) is 6.48. The molecule has 0 radical (unpaired) electrons. The van der Waals surface area contributed by atoms with Crippen molar-refractivity contribution in [3.8, 4) is 0 Å². The van der Waals surface area contributed by atoms with E-state index in [1.165, 1.54) is 6.07 Å². The summed E-state index contributed by atoms with van der Waals surface area (Å²) in [5.74, 6) is -0.238. The van der Waals surface area contributed by atoms with E-state index >= 15 is 0 Å². The highest BCUT2D eigenvalue weighted by Crippen LogP contribution is 2.29. The van der Waals surface area contributed by atoms with Crippen molar-refractivity contribution in [2.75, 3.05) is 11.4 Å². The number of benzene rings is 1. The quantitative estimate of drug-likeness (QED) is 0.909. The van der Waals surface area contributed by atoms with Gasteiger partial charge in [-0.3, -0.25) is 4.98 Å². The molecule has 0 aliphatic heterocycles. The van der Waals surface area contributed by atoms with Crippen molar-refractivity contribution >= 4 is 5.69 Å². The topological polar surface area (TPSA) is 42.2 Å². The number of para-hydroxylation sites is 1. The van der Waals surface area contributed by atoms with Crippen LogP contribution in [0.25, 0.3) is 0 Å². The van der Waals surface area contributed by atoms with Gasteiger partial charge in [0.05, 0.1) is 17.9 Å². The molecule has 20 heavy (non-hydrogen) atoms. The Morgan fingerprint density at radius 3 is 2.65 bits per heavy atom. The largest absolute Gasteiger partial charge is 0.363 e. The van der Waals surface area contributed by atoms with E-state index in [1.807, 2.05) is 43.0 Å². The number of rotatable bonds is 5. The summed E-state index contributed by atoms with van der Waals surface area (Å²) >= 11 is 0. The van der Waals surface area contributed by atoms with Gasteiger partial charge in [-0.2, -0.15) is 0 Å². The van der Waals surface area contributed by atoms with Crippen molar-refractivity contribution in [3.63, 3.8) is 0 Å². The van der Waals surface area contributed by atoms with Crippen molar-refractivity contribution < 1.29 is 4.39 Å². The minimum absolute atomic E-state index is 0.210. The first kappa shape index (κ1) is 14.5. The molecule has 1 heterocycles. The standard InChI is InChI=1S/C16H20FN3/c1-3-20(11-13-7-4-5-10-19-13)16-14(12(2)18)8-6-9-15(16)17/h4-10,12H,3,11,18H2,1-2H3/t12-/m1/s1. The highest BCUT2D eigenvalue weighted by molar-refractivity contribution is 5.56. The van der Waals surface area contributed by atoms with E-state index in [1.54, 1.807) is 12.3 Å². The van der Waals surface area contributed by atoms with Gasteiger partial charge < -0.3 is 10.6 Å². The number of aromatic nitrogens is 1. The van der Waals surface area contributed by atoms with Crippen molar-refractivity contribution in [1.29, 1.82) is 0 Å². The lowest BCUT2D eigenvalue weighted by atomic mass is 10.0. The van der Waals surface area contributed by atoms with Crippen molar-refractivity contribution in [2.45, 2.75) is 26.4 Å². The van der Waals surface area contributed by atoms with Gasteiger partial charge in [0.1, 0.15) is 5.82 Å². The molecule has 2 aromatic rings. The van der Waals surface area contributed by atoms with Gasteiger partial charge in [-0.15, -0.1) is 0 Å². The van der Waals surface area contributed by atoms with Gasteiger partial charge in [-0.25, -0.2) is 4.39 Å². The van der Waals surface area contributed by atoms with Crippen LogP contribution in [0.3, 0.4) is 0 Å². The SMILES string of the molecule is CCN(Cc1ccccn1)c1c(F)cccc1[C@@H](C)N. The van der Waals surface area contributed by atoms with Crippen LogP contribution in [-0.2, 0) is 6.54 Å². The van der Waals surface area contributed by atoms with Crippen molar-refractivity contribution in [3.05, 3.63) is 59.7 Å². The lowest BCUT2D eigenvalue weighted by molar-refractivity contribution is 0.610. The number of nitrogens with two attached hydrogens (primary N) is 1. The van der Waals surface area contributed by atoms with Crippen LogP contribution in [0.5, 0.6) is 0 Å². The smallest absolute Gasteiger partial charge is 0.146 e. The fraction of sp³-hybridized carbons (Fsp3) is 0.312. The molecule has 1 aromatic heterocycles. The van der Waals surface area contributed by atoms with E-state index in [4.69, 9.17) is 5.73 Å². The summed E-state index contributed by atoms with van der Waals surface area (Å²) in [6, 6.07) is 10.6. The normalized spacial score (nSPS) is 12.2. The Kier molecular flexibility index (Phi) is 4.69. The van der Waals surface area contributed by atoms with Gasteiger partial charge in [-0.1, -0.05) is 18.2 Å². The summed E-state index contributed by atoms with van der Waals surface area (Å²) < 4.78 is 14.2. The Bertz CT molecular complexity index is 555. The summed E-state index contributed by atoms with van der Waals surface area (Å²) in [6.07, 6.45) is 1.75. The molecule has 0 bridgehead atoms. The maximum Gasteiger partial charge on any atom is 0.146 e. The first-order chi connectivity index (χ1) is 9.63. The van der Waals surface area contributed by atoms with E-state index in [9.17, 15) is 4.39 Å². The Hall–Kier alpha value is -1.94. The molecule has 4 heteroatoms. The average Bonchev–Trinajstić information content (AvgIpc) is 2.46. The molecule has 0 saturated carbocycles. The van der Waals surface area contributed by atoms with Gasteiger partial charge >= 0.3 is 0 Å². The molecule has 3 nitrogen and oxygen atoms in total. The molecule has 1 atom stereocenters. The van der Waals surface area contributed by atoms with Crippen LogP contribution in [0.4, 0.5) is 10.1 Å². The van der Waals surface area contributed by atoms with E-state index in [0.29, 0.717) is 18.8 Å². The Morgan fingerprint density at radius 1 is 1.25 bits per heavy atom. The first-order valence-electron chi connectivity index (χ1n) is 6.82. The van der Waals surface area contributed by atoms with E-state index < -0.39 is 0 Å². The third kappa shape index (κ3) is 3.14. The van der Waals surface area contributed by atoms with Crippen molar-refractivity contribution in [1.82, 2.24) is 4.98 Å². The highest BCUT2D eigenvalue weighted by Gasteiger charge is 2.17. The minimum Gasteiger partial charge on any atom is -0.363 e. The maximum atomic E-state index is 14.2. The van der Waals surface area contributed by atoms with E-state index in [0.717, 1.165) is 11.3 Å². The van der Waals surface area contributed by atoms with Gasteiger partial charge in [0.15, 0.2) is 0 Å². The predicted octanol–water partition coefficient (Wildman–Crippen LogP) is 3.27. The monoisotopic (exact) mass is 273 g/mol. The molecule has 0 aliphatic carbocycles. The molecule has 0 unspecified atom stereocenters. The fourth-order valence-corrected chi connectivity index (χ4v) is 2.27. The maximum absolute atomic E-state index is 14.2. The molecule has 0 fully saturated rings. The molecule has 1 aromatic carbocycles. The summed E-state index contributed by atoms with van der Waals surface area (Å²) in [6.45, 7) is 5.13. The molecule has 2 rings (SSSR count). The molecule has 0 amide bonds. The summed E-state index contributed by atoms with van der Waals surface area (Å²) in [4.78, 5) is 6.27. The zero-order chi connectivity index (χ0) is 14.5. The third-order valence-electron chi connectivity index (χ3n) is 3.29. The van der Waals surface area contributed by atoms with E-state index in [2.05, 4.69) is 4.98 Å². The molecule has 0 aliphatic rings. The number of hydrogen-bond donors (Lipinski definition) is 1. The number of pyridine rings is 1. The van der Waals surface area contributed by atoms with Crippen LogP contribution >= 0.6 is 0 Å². The summed E-state index contributed by atoms with van der Waals surface area (Å²) in [7, 11) is 0. The fourth-order valence-electron chi connectivity index (χ4n) is 2.27. The second-order valence-corrected chi connectivity index (χ2v) is 4.80. The molecule has 2 N–H and O–H groups in total. The molecular formula is C16H20FN3. The van der Waals surface area contributed by atoms with E-state index in [-0.39, 0.29) is 11.9 Å². The van der Waals surface area contributed by atoms with Crippen LogP contribution in [-0.4, -0.2) is 11.5 Å². The lowest BCUT2D eigenvalue weighted by Gasteiger charge is -2.27. The number of nitrogens with zero attached hydrogens (tertiary/aromatic N) is 2. The molecular weight excluding hydrogens is 253 g/mol. The molecule has 106 valence electrons. The minimum atomic E-state index is -0.238. The molecule has 0 saturated heterocycles. The van der Waals surface area contributed by atoms with Crippen LogP contribution in [0.15, 0.2) is 42.6 Å². The Morgan fingerprint density at radius 2 is 2.05 bits per heavy atom. The van der Waals surface area contributed by atoms with Crippen molar-refractivity contribution in [2.24, 2.45) is 5.73 Å². The van der Waals surface area contributed by atoms with Crippen LogP contribution in [0, 0.1) is 5.82 Å². The van der Waals surface area contributed by atoms with Crippen LogP contribution in [0.2, 0.25) is 0 Å². The van der Waals surface area contributed by atoms with Crippen LogP contribution < -0.4 is 10.6 Å². The summed E-state index contributed by atoms with van der Waals surface area (Å²) in [5.41, 5.74) is 8.27. The zero-order valence-electron chi connectivity index (χ0n) is 11.9. The Balaban J connectivity index is 2.37. The second-order valence-electron chi connectivity index (χ2n) is 4.80. The average molecular weight is 273 g/mol. The van der Waals surface area contributed by atoms with Gasteiger partial charge in [0.25, 0.3) is 0 Å².